The van der Waals surface area contributed by atoms with Gasteiger partial charge in [-0.05, 0) is 0 Å². The summed E-state index contributed by atoms with van der Waals surface area (Å²) < 4.78 is 49.5. The van der Waals surface area contributed by atoms with Crippen molar-refractivity contribution in [3.63, 3.8) is 0 Å². The van der Waals surface area contributed by atoms with E-state index in [4.69, 9.17) is 4.74 Å². The molecule has 0 saturated carbocycles. The fourth-order valence-corrected chi connectivity index (χ4v) is 1.44. The molecule has 0 saturated heterocycles. The van der Waals surface area contributed by atoms with Gasteiger partial charge in [0, 0.05) is 0 Å². The van der Waals surface area contributed by atoms with Crippen molar-refractivity contribution >= 4 is 11.7 Å². The van der Waals surface area contributed by atoms with Crippen molar-refractivity contribution in [3.8, 4) is 11.6 Å². The van der Waals surface area contributed by atoms with Gasteiger partial charge < -0.3 is 14.2 Å². The number of hydrogen-bond acceptors (Lipinski definition) is 7. The minimum absolute atomic E-state index is 0.532. The zero-order valence-electron chi connectivity index (χ0n) is 10.8. The summed E-state index contributed by atoms with van der Waals surface area (Å²) >= 11 is 0. The maximum Gasteiger partial charge on any atom is 0.574 e. The molecule has 0 amide bonds. The van der Waals surface area contributed by atoms with Gasteiger partial charge in [-0.2, -0.15) is 0 Å². The van der Waals surface area contributed by atoms with Crippen LogP contribution in [0.1, 0.15) is 5.56 Å². The summed E-state index contributed by atoms with van der Waals surface area (Å²) in [6, 6.07) is 0. The van der Waals surface area contributed by atoms with E-state index in [-0.39, 0.29) is 0 Å². The summed E-state index contributed by atoms with van der Waals surface area (Å²) in [6.07, 6.45) is -5.28. The Morgan fingerprint density at radius 2 is 2.05 bits per heavy atom. The summed E-state index contributed by atoms with van der Waals surface area (Å²) in [5.41, 5.74) is -1.23. The maximum absolute atomic E-state index is 12.3. The second kappa shape index (κ2) is 6.24. The number of alkyl halides is 3. The van der Waals surface area contributed by atoms with E-state index in [0.717, 1.165) is 14.2 Å². The first-order valence-electron chi connectivity index (χ1n) is 5.22. The number of aromatic nitrogens is 1. The fourth-order valence-electron chi connectivity index (χ4n) is 1.44. The number of pyridine rings is 1. The van der Waals surface area contributed by atoms with Crippen LogP contribution in [-0.2, 0) is 16.0 Å². The zero-order chi connectivity index (χ0) is 16.2. The normalized spacial score (nSPS) is 10.9. The number of halogens is 3. The lowest BCUT2D eigenvalue weighted by atomic mass is 10.1. The highest BCUT2D eigenvalue weighted by atomic mass is 19.4. The van der Waals surface area contributed by atoms with Crippen LogP contribution in [0.15, 0.2) is 6.20 Å². The number of rotatable bonds is 5. The first kappa shape index (κ1) is 16.5. The Morgan fingerprint density at radius 3 is 2.48 bits per heavy atom. The van der Waals surface area contributed by atoms with Gasteiger partial charge in [-0.1, -0.05) is 0 Å². The number of nitrogens with zero attached hydrogens (tertiary/aromatic N) is 2. The average Bonchev–Trinajstić information content (AvgIpc) is 2.38. The molecule has 0 unspecified atom stereocenters. The van der Waals surface area contributed by atoms with Crippen molar-refractivity contribution in [2.45, 2.75) is 12.8 Å². The summed E-state index contributed by atoms with van der Waals surface area (Å²) in [7, 11) is 2.00. The lowest BCUT2D eigenvalue weighted by Gasteiger charge is -2.14. The van der Waals surface area contributed by atoms with E-state index in [2.05, 4.69) is 14.5 Å². The fraction of sp³-hybridized carbons (Fsp3) is 0.400. The maximum atomic E-state index is 12.3. The monoisotopic (exact) mass is 310 g/mol. The van der Waals surface area contributed by atoms with Crippen molar-refractivity contribution in [3.05, 3.63) is 21.9 Å². The van der Waals surface area contributed by atoms with E-state index in [1.807, 2.05) is 0 Å². The third-order valence-corrected chi connectivity index (χ3v) is 2.23. The van der Waals surface area contributed by atoms with Crippen molar-refractivity contribution in [1.29, 1.82) is 0 Å². The highest BCUT2D eigenvalue weighted by Crippen LogP contribution is 2.37. The summed E-state index contributed by atoms with van der Waals surface area (Å²) in [6.45, 7) is 0. The van der Waals surface area contributed by atoms with E-state index >= 15 is 0 Å². The van der Waals surface area contributed by atoms with Gasteiger partial charge in [0.2, 0.25) is 11.6 Å². The molecule has 0 aromatic carbocycles. The van der Waals surface area contributed by atoms with Gasteiger partial charge in [-0.15, -0.1) is 13.2 Å². The molecular weight excluding hydrogens is 301 g/mol. The number of nitro groups is 1. The van der Waals surface area contributed by atoms with Crippen LogP contribution in [0.3, 0.4) is 0 Å². The third-order valence-electron chi connectivity index (χ3n) is 2.23. The van der Waals surface area contributed by atoms with Crippen LogP contribution in [0.2, 0.25) is 0 Å². The van der Waals surface area contributed by atoms with Crippen LogP contribution in [0.4, 0.5) is 18.9 Å². The highest BCUT2D eigenvalue weighted by Gasteiger charge is 2.35. The number of carbonyl (C=O) groups is 1. The van der Waals surface area contributed by atoms with Crippen LogP contribution in [-0.4, -0.2) is 36.5 Å². The van der Waals surface area contributed by atoms with E-state index in [9.17, 15) is 28.1 Å². The number of carbonyl (C=O) groups excluding carboxylic acids is 1. The third kappa shape index (κ3) is 4.19. The summed E-state index contributed by atoms with van der Waals surface area (Å²) in [5.74, 6) is -2.52. The zero-order valence-corrected chi connectivity index (χ0v) is 10.8. The Balaban J connectivity index is 3.43. The number of hydrogen-bond donors (Lipinski definition) is 0. The Hall–Kier alpha value is -2.59. The van der Waals surface area contributed by atoms with E-state index < -0.39 is 46.6 Å². The minimum atomic E-state index is -5.08. The molecule has 0 spiro atoms. The minimum Gasteiger partial charge on any atom is -0.490 e. The molecule has 0 N–H and O–H groups in total. The van der Waals surface area contributed by atoms with Crippen molar-refractivity contribution in [1.82, 2.24) is 4.98 Å². The molecule has 0 bridgehead atoms. The predicted molar refractivity (Wildman–Crippen MR) is 59.8 cm³/mol. The Bertz CT molecular complexity index is 560. The molecule has 0 radical (unpaired) electrons. The molecule has 11 heteroatoms. The molecule has 0 atom stereocenters. The van der Waals surface area contributed by atoms with Gasteiger partial charge in [0.1, 0.15) is 6.20 Å². The van der Waals surface area contributed by atoms with Gasteiger partial charge in [-0.25, -0.2) is 4.98 Å². The second-order valence-electron chi connectivity index (χ2n) is 3.52. The van der Waals surface area contributed by atoms with Gasteiger partial charge >= 0.3 is 18.0 Å². The largest absolute Gasteiger partial charge is 0.574 e. The molecule has 1 heterocycles. The average molecular weight is 310 g/mol. The van der Waals surface area contributed by atoms with E-state index in [0.29, 0.717) is 6.20 Å². The van der Waals surface area contributed by atoms with Crippen molar-refractivity contribution < 1.29 is 37.1 Å². The number of methoxy groups -OCH3 is 2. The topological polar surface area (TPSA) is 101 Å². The molecule has 0 aliphatic rings. The van der Waals surface area contributed by atoms with Crippen molar-refractivity contribution in [2.75, 3.05) is 14.2 Å². The molecular formula is C10H9F3N2O6. The summed E-state index contributed by atoms with van der Waals surface area (Å²) in [5, 5.41) is 10.8. The van der Waals surface area contributed by atoms with Gasteiger partial charge in [0.25, 0.3) is 0 Å². The van der Waals surface area contributed by atoms with E-state index in [1.54, 1.807) is 0 Å². The number of ether oxygens (including phenoxy) is 3. The van der Waals surface area contributed by atoms with Crippen LogP contribution in [0, 0.1) is 10.1 Å². The molecule has 1 rings (SSSR count). The molecule has 0 aliphatic heterocycles. The molecule has 21 heavy (non-hydrogen) atoms. The van der Waals surface area contributed by atoms with Crippen LogP contribution in [0.25, 0.3) is 0 Å². The van der Waals surface area contributed by atoms with Crippen molar-refractivity contribution in [2.24, 2.45) is 0 Å². The van der Waals surface area contributed by atoms with Gasteiger partial charge in [0.15, 0.2) is 0 Å². The van der Waals surface area contributed by atoms with Gasteiger partial charge in [0.05, 0.1) is 31.1 Å². The molecule has 1 aromatic heterocycles. The van der Waals surface area contributed by atoms with E-state index in [1.165, 1.54) is 0 Å². The quantitative estimate of drug-likeness (QED) is 0.462. The predicted octanol–water partition coefficient (Wildman–Crippen LogP) is 1.61. The molecule has 0 fully saturated rings. The Kier molecular flexibility index (Phi) is 4.89. The Labute approximate surface area is 115 Å². The molecule has 8 nitrogen and oxygen atoms in total. The summed E-state index contributed by atoms with van der Waals surface area (Å²) in [4.78, 5) is 24.3. The van der Waals surface area contributed by atoms with Crippen LogP contribution >= 0.6 is 0 Å². The van der Waals surface area contributed by atoms with Gasteiger partial charge in [-0.3, -0.25) is 14.9 Å². The molecule has 0 aliphatic carbocycles. The SMILES string of the molecule is COC(=O)Cc1c(OC(F)(F)F)ncc([N+](=O)[O-])c1OC. The first-order valence-corrected chi connectivity index (χ1v) is 5.22. The van der Waals surface area contributed by atoms with Crippen LogP contribution in [0.5, 0.6) is 11.6 Å². The lowest BCUT2D eigenvalue weighted by molar-refractivity contribution is -0.386. The van der Waals surface area contributed by atoms with Crippen LogP contribution < -0.4 is 9.47 Å². The first-order chi connectivity index (χ1) is 9.69. The lowest BCUT2D eigenvalue weighted by Crippen LogP contribution is -2.20. The molecule has 116 valence electrons. The Morgan fingerprint density at radius 1 is 1.43 bits per heavy atom. The molecule has 1 aromatic rings. The second-order valence-corrected chi connectivity index (χ2v) is 3.52. The highest BCUT2D eigenvalue weighted by molar-refractivity contribution is 5.75. The number of esters is 1. The smallest absolute Gasteiger partial charge is 0.490 e. The standard InChI is InChI=1S/C10H9F3N2O6/c1-19-7(16)3-5-8(20-2)6(15(17)18)4-14-9(5)21-10(11,12)13/h4H,3H2,1-2H3.